The molecule has 19 heavy (non-hydrogen) atoms. The summed E-state index contributed by atoms with van der Waals surface area (Å²) in [7, 11) is 0. The van der Waals surface area contributed by atoms with E-state index >= 15 is 0 Å². The van der Waals surface area contributed by atoms with Crippen molar-refractivity contribution in [1.82, 2.24) is 10.3 Å². The summed E-state index contributed by atoms with van der Waals surface area (Å²) >= 11 is 1.69. The summed E-state index contributed by atoms with van der Waals surface area (Å²) < 4.78 is 0. The van der Waals surface area contributed by atoms with Crippen LogP contribution in [0.2, 0.25) is 0 Å². The molecule has 0 amide bonds. The Morgan fingerprint density at radius 3 is 2.37 bits per heavy atom. The Morgan fingerprint density at radius 1 is 1.16 bits per heavy atom. The first-order chi connectivity index (χ1) is 9.24. The van der Waals surface area contributed by atoms with Crippen LogP contribution in [-0.2, 0) is 0 Å². The van der Waals surface area contributed by atoms with E-state index in [9.17, 15) is 5.11 Å². The molecule has 102 valence electrons. The van der Waals surface area contributed by atoms with Crippen LogP contribution in [0.25, 0.3) is 0 Å². The zero-order chi connectivity index (χ0) is 13.7. The highest BCUT2D eigenvalue weighted by Crippen LogP contribution is 2.26. The van der Waals surface area contributed by atoms with Gasteiger partial charge in [-0.1, -0.05) is 26.0 Å². The predicted octanol–water partition coefficient (Wildman–Crippen LogP) is 4.04. The summed E-state index contributed by atoms with van der Waals surface area (Å²) in [4.78, 5) is 4.40. The third-order valence-corrected chi connectivity index (χ3v) is 4.15. The second-order valence-electron chi connectivity index (χ2n) is 4.55. The minimum absolute atomic E-state index is 0.287. The zero-order valence-electron chi connectivity index (χ0n) is 11.3. The average molecular weight is 276 g/mol. The lowest BCUT2D eigenvalue weighted by atomic mass is 10.0. The molecule has 4 heteroatoms. The number of nitrogens with zero attached hydrogens (tertiary/aromatic N) is 1. The van der Waals surface area contributed by atoms with Gasteiger partial charge in [-0.25, -0.2) is 4.98 Å². The number of hydrogen-bond donors (Lipinski definition) is 2. The summed E-state index contributed by atoms with van der Waals surface area (Å²) in [5.74, 6) is 0.311. The standard InChI is InChI=1S/C15H20N2OS/c1-3-13(11-5-7-12(18)8-6-11)17-14(4-2)15-16-9-10-19-15/h5-10,13-14,17-18H,3-4H2,1-2H3. The van der Waals surface area contributed by atoms with Crippen LogP contribution in [0.15, 0.2) is 35.8 Å². The van der Waals surface area contributed by atoms with E-state index in [4.69, 9.17) is 0 Å². The molecule has 0 aliphatic carbocycles. The van der Waals surface area contributed by atoms with Gasteiger partial charge in [-0.2, -0.15) is 0 Å². The highest BCUT2D eigenvalue weighted by molar-refractivity contribution is 7.09. The summed E-state index contributed by atoms with van der Waals surface area (Å²) in [6, 6.07) is 8.01. The molecule has 0 aliphatic rings. The fourth-order valence-corrected chi connectivity index (χ4v) is 2.95. The third kappa shape index (κ3) is 3.55. The second-order valence-corrected chi connectivity index (χ2v) is 5.48. The van der Waals surface area contributed by atoms with Crippen molar-refractivity contribution in [3.05, 3.63) is 46.4 Å². The maximum absolute atomic E-state index is 9.36. The molecule has 2 N–H and O–H groups in total. The van der Waals surface area contributed by atoms with Gasteiger partial charge in [0.05, 0.1) is 6.04 Å². The van der Waals surface area contributed by atoms with E-state index in [2.05, 4.69) is 24.1 Å². The molecule has 2 aromatic rings. The van der Waals surface area contributed by atoms with Crippen LogP contribution in [-0.4, -0.2) is 10.1 Å². The van der Waals surface area contributed by atoms with Crippen LogP contribution in [0.4, 0.5) is 0 Å². The number of aromatic hydroxyl groups is 1. The molecule has 0 spiro atoms. The first-order valence-electron chi connectivity index (χ1n) is 6.69. The summed E-state index contributed by atoms with van der Waals surface area (Å²) in [5.41, 5.74) is 1.20. The summed E-state index contributed by atoms with van der Waals surface area (Å²) in [5, 5.41) is 16.2. The molecule has 3 nitrogen and oxygen atoms in total. The van der Waals surface area contributed by atoms with Crippen molar-refractivity contribution in [3.63, 3.8) is 0 Å². The molecule has 0 radical (unpaired) electrons. The number of nitrogens with one attached hydrogen (secondary N) is 1. The van der Waals surface area contributed by atoms with Gasteiger partial charge in [0.25, 0.3) is 0 Å². The molecule has 0 saturated heterocycles. The Balaban J connectivity index is 2.11. The van der Waals surface area contributed by atoms with Gasteiger partial charge in [0.15, 0.2) is 0 Å². The molecule has 1 heterocycles. The number of benzene rings is 1. The molecule has 0 saturated carbocycles. The number of aromatic nitrogens is 1. The van der Waals surface area contributed by atoms with Gasteiger partial charge in [-0.3, -0.25) is 0 Å². The van der Waals surface area contributed by atoms with E-state index in [0.29, 0.717) is 11.8 Å². The van der Waals surface area contributed by atoms with E-state index < -0.39 is 0 Å². The van der Waals surface area contributed by atoms with Gasteiger partial charge < -0.3 is 10.4 Å². The number of hydrogen-bond acceptors (Lipinski definition) is 4. The van der Waals surface area contributed by atoms with Crippen molar-refractivity contribution in [2.45, 2.75) is 38.8 Å². The first kappa shape index (κ1) is 14.0. The molecular formula is C15H20N2OS. The normalized spacial score (nSPS) is 14.2. The Hall–Kier alpha value is -1.39. The highest BCUT2D eigenvalue weighted by atomic mass is 32.1. The lowest BCUT2D eigenvalue weighted by Crippen LogP contribution is -2.25. The summed E-state index contributed by atoms with van der Waals surface area (Å²) in [6.07, 6.45) is 3.88. The van der Waals surface area contributed by atoms with Crippen LogP contribution in [0.5, 0.6) is 5.75 Å². The Labute approximate surface area is 118 Å². The molecule has 0 bridgehead atoms. The maximum Gasteiger partial charge on any atom is 0.115 e. The van der Waals surface area contributed by atoms with Crippen LogP contribution in [0, 0.1) is 0 Å². The van der Waals surface area contributed by atoms with Gasteiger partial charge in [0, 0.05) is 17.6 Å². The molecule has 1 aromatic heterocycles. The largest absolute Gasteiger partial charge is 0.508 e. The van der Waals surface area contributed by atoms with Crippen molar-refractivity contribution in [2.75, 3.05) is 0 Å². The van der Waals surface area contributed by atoms with Crippen LogP contribution in [0.3, 0.4) is 0 Å². The van der Waals surface area contributed by atoms with Gasteiger partial charge >= 0.3 is 0 Å². The lowest BCUT2D eigenvalue weighted by molar-refractivity contribution is 0.424. The van der Waals surface area contributed by atoms with Crippen LogP contribution in [0.1, 0.15) is 49.3 Å². The topological polar surface area (TPSA) is 45.2 Å². The monoisotopic (exact) mass is 276 g/mol. The Bertz CT molecular complexity index is 481. The van der Waals surface area contributed by atoms with E-state index in [1.54, 1.807) is 23.5 Å². The van der Waals surface area contributed by atoms with Crippen LogP contribution < -0.4 is 5.32 Å². The third-order valence-electron chi connectivity index (χ3n) is 3.26. The SMILES string of the molecule is CCC(NC(CC)c1nccs1)c1ccc(O)cc1. The van der Waals surface area contributed by atoms with Gasteiger partial charge in [0.1, 0.15) is 10.8 Å². The predicted molar refractivity (Wildman–Crippen MR) is 79.4 cm³/mol. The van der Waals surface area contributed by atoms with E-state index in [-0.39, 0.29) is 6.04 Å². The molecule has 2 rings (SSSR count). The lowest BCUT2D eigenvalue weighted by Gasteiger charge is -2.23. The quantitative estimate of drug-likeness (QED) is 0.837. The zero-order valence-corrected chi connectivity index (χ0v) is 12.2. The smallest absolute Gasteiger partial charge is 0.115 e. The van der Waals surface area contributed by atoms with E-state index in [0.717, 1.165) is 17.8 Å². The van der Waals surface area contributed by atoms with Crippen molar-refractivity contribution >= 4 is 11.3 Å². The average Bonchev–Trinajstić information content (AvgIpc) is 2.95. The maximum atomic E-state index is 9.36. The minimum atomic E-state index is 0.287. The van der Waals surface area contributed by atoms with E-state index in [1.165, 1.54) is 5.56 Å². The molecule has 0 aliphatic heterocycles. The second kappa shape index (κ2) is 6.68. The molecule has 2 atom stereocenters. The van der Waals surface area contributed by atoms with E-state index in [1.807, 2.05) is 23.7 Å². The van der Waals surface area contributed by atoms with Gasteiger partial charge in [0.2, 0.25) is 0 Å². The van der Waals surface area contributed by atoms with Crippen molar-refractivity contribution in [1.29, 1.82) is 0 Å². The number of phenols is 1. The van der Waals surface area contributed by atoms with Crippen LogP contribution >= 0.6 is 11.3 Å². The Kier molecular flexibility index (Phi) is 4.93. The van der Waals surface area contributed by atoms with Crippen molar-refractivity contribution in [2.24, 2.45) is 0 Å². The first-order valence-corrected chi connectivity index (χ1v) is 7.57. The Morgan fingerprint density at radius 2 is 1.84 bits per heavy atom. The van der Waals surface area contributed by atoms with Crippen molar-refractivity contribution < 1.29 is 5.11 Å². The number of thiazole rings is 1. The fourth-order valence-electron chi connectivity index (χ4n) is 2.17. The molecule has 0 fully saturated rings. The molecule has 2 unspecified atom stereocenters. The fraction of sp³-hybridized carbons (Fsp3) is 0.400. The highest BCUT2D eigenvalue weighted by Gasteiger charge is 2.17. The van der Waals surface area contributed by atoms with Gasteiger partial charge in [-0.15, -0.1) is 11.3 Å². The molecular weight excluding hydrogens is 256 g/mol. The summed E-state index contributed by atoms with van der Waals surface area (Å²) in [6.45, 7) is 4.34. The van der Waals surface area contributed by atoms with Gasteiger partial charge in [-0.05, 0) is 30.5 Å². The minimum Gasteiger partial charge on any atom is -0.508 e. The number of phenolic OH excluding ortho intramolecular Hbond substituents is 1. The number of rotatable bonds is 6. The molecule has 1 aromatic carbocycles. The van der Waals surface area contributed by atoms with Crippen molar-refractivity contribution in [3.8, 4) is 5.75 Å².